The van der Waals surface area contributed by atoms with E-state index in [0.717, 1.165) is 30.6 Å². The van der Waals surface area contributed by atoms with E-state index in [1.54, 1.807) is 13.1 Å². The van der Waals surface area contributed by atoms with Crippen LogP contribution in [0.3, 0.4) is 0 Å². The van der Waals surface area contributed by atoms with E-state index in [1.807, 2.05) is 12.3 Å². The van der Waals surface area contributed by atoms with Gasteiger partial charge in [0, 0.05) is 46.1 Å². The van der Waals surface area contributed by atoms with E-state index in [0.29, 0.717) is 27.8 Å². The maximum absolute atomic E-state index is 14.0. The van der Waals surface area contributed by atoms with E-state index in [-0.39, 0.29) is 10.8 Å². The minimum Gasteiger partial charge on any atom is -0.482 e. The van der Waals surface area contributed by atoms with Crippen LogP contribution >= 0.6 is 23.2 Å². The van der Waals surface area contributed by atoms with Crippen molar-refractivity contribution in [1.82, 2.24) is 20.1 Å². The summed E-state index contributed by atoms with van der Waals surface area (Å²) in [5, 5.41) is 8.51. The molecule has 3 aromatic rings. The summed E-state index contributed by atoms with van der Waals surface area (Å²) in [7, 11) is 0. The molecule has 1 aromatic carbocycles. The van der Waals surface area contributed by atoms with Crippen LogP contribution in [0.5, 0.6) is 5.75 Å². The highest BCUT2D eigenvalue weighted by atomic mass is 35.5. The van der Waals surface area contributed by atoms with Crippen molar-refractivity contribution >= 4 is 29.0 Å². The van der Waals surface area contributed by atoms with Gasteiger partial charge in [0.1, 0.15) is 11.9 Å². The molecule has 2 unspecified atom stereocenters. The molecule has 0 radical (unpaired) electrons. The van der Waals surface area contributed by atoms with E-state index in [2.05, 4.69) is 21.2 Å². The van der Waals surface area contributed by atoms with Crippen LogP contribution < -0.4 is 15.8 Å². The van der Waals surface area contributed by atoms with Crippen LogP contribution in [0.15, 0.2) is 36.8 Å². The van der Waals surface area contributed by atoms with Crippen molar-refractivity contribution in [3.63, 3.8) is 0 Å². The van der Waals surface area contributed by atoms with E-state index >= 15 is 0 Å². The molecule has 1 spiro atoms. The third-order valence-corrected chi connectivity index (χ3v) is 7.77. The summed E-state index contributed by atoms with van der Waals surface area (Å²) in [5.74, 6) is 0.0517. The Morgan fingerprint density at radius 2 is 2.09 bits per heavy atom. The molecule has 0 bridgehead atoms. The number of hydrogen-bond acceptors (Lipinski definition) is 5. The molecule has 5 rings (SSSR count). The standard InChI is InChI=1S/C24H26Cl2FN5O/c1-14(21-17(25)3-4-18(27)22(21)26)33-19-9-15(10-30-23(19)28)16-11-31-32(12-16)20-5-8-29-13-24(20)6-2-7-24/h3-4,9-12,14,20,29H,2,5-8,13H2,1H3,(H2,28,30). The number of pyridine rings is 1. The molecular weight excluding hydrogens is 464 g/mol. The summed E-state index contributed by atoms with van der Waals surface area (Å²) >= 11 is 12.4. The number of ether oxygens (including phenoxy) is 1. The highest BCUT2D eigenvalue weighted by Crippen LogP contribution is 2.51. The summed E-state index contributed by atoms with van der Waals surface area (Å²) in [5.41, 5.74) is 8.54. The number of rotatable bonds is 5. The first-order valence-corrected chi connectivity index (χ1v) is 11.9. The van der Waals surface area contributed by atoms with Crippen molar-refractivity contribution in [2.24, 2.45) is 5.41 Å². The number of nitrogens with two attached hydrogens (primary N) is 1. The first-order chi connectivity index (χ1) is 15.9. The zero-order valence-electron chi connectivity index (χ0n) is 18.3. The number of nitrogens with one attached hydrogen (secondary N) is 1. The maximum atomic E-state index is 14.0. The lowest BCUT2D eigenvalue weighted by molar-refractivity contribution is 0.0231. The Hall–Kier alpha value is -2.35. The Labute approximate surface area is 202 Å². The van der Waals surface area contributed by atoms with Crippen LogP contribution in [-0.2, 0) is 0 Å². The van der Waals surface area contributed by atoms with Gasteiger partial charge in [-0.25, -0.2) is 9.37 Å². The molecule has 1 aliphatic heterocycles. The lowest BCUT2D eigenvalue weighted by Gasteiger charge is -2.50. The number of halogens is 3. The predicted octanol–water partition coefficient (Wildman–Crippen LogP) is 5.82. The van der Waals surface area contributed by atoms with Crippen molar-refractivity contribution in [2.45, 2.75) is 44.8 Å². The van der Waals surface area contributed by atoms with Gasteiger partial charge >= 0.3 is 0 Å². The Morgan fingerprint density at radius 1 is 1.27 bits per heavy atom. The minimum absolute atomic E-state index is 0.0640. The molecule has 2 atom stereocenters. The van der Waals surface area contributed by atoms with Crippen LogP contribution in [0.1, 0.15) is 50.3 Å². The zero-order chi connectivity index (χ0) is 23.2. The molecule has 2 aromatic heterocycles. The van der Waals surface area contributed by atoms with Gasteiger partial charge < -0.3 is 15.8 Å². The number of benzene rings is 1. The molecule has 9 heteroatoms. The van der Waals surface area contributed by atoms with Gasteiger partial charge in [0.05, 0.1) is 17.3 Å². The molecular formula is C24H26Cl2FN5O. The number of nitrogens with zero attached hydrogens (tertiary/aromatic N) is 3. The Kier molecular flexibility index (Phi) is 5.97. The number of nitrogen functional groups attached to an aromatic ring is 1. The Balaban J connectivity index is 1.40. The molecule has 1 saturated heterocycles. The lowest BCUT2D eigenvalue weighted by Crippen LogP contribution is -2.51. The summed E-state index contributed by atoms with van der Waals surface area (Å²) in [6.45, 7) is 3.80. The molecule has 3 heterocycles. The van der Waals surface area contributed by atoms with E-state index < -0.39 is 11.9 Å². The molecule has 0 amide bonds. The fraction of sp³-hybridized carbons (Fsp3) is 0.417. The first kappa shape index (κ1) is 22.4. The average Bonchev–Trinajstić information content (AvgIpc) is 3.27. The molecule has 2 aliphatic rings. The molecule has 1 aliphatic carbocycles. The predicted molar refractivity (Wildman–Crippen MR) is 128 cm³/mol. The van der Waals surface area contributed by atoms with Gasteiger partial charge in [0.2, 0.25) is 0 Å². The van der Waals surface area contributed by atoms with Crippen LogP contribution in [0, 0.1) is 11.2 Å². The summed E-state index contributed by atoms with van der Waals surface area (Å²) < 4.78 is 22.1. The smallest absolute Gasteiger partial charge is 0.166 e. The second-order valence-corrected chi connectivity index (χ2v) is 9.82. The molecule has 1 saturated carbocycles. The van der Waals surface area contributed by atoms with Gasteiger partial charge in [-0.2, -0.15) is 5.10 Å². The van der Waals surface area contributed by atoms with Crippen molar-refractivity contribution in [1.29, 1.82) is 0 Å². The molecule has 174 valence electrons. The monoisotopic (exact) mass is 489 g/mol. The van der Waals surface area contributed by atoms with Gasteiger partial charge in [-0.05, 0) is 50.9 Å². The van der Waals surface area contributed by atoms with Crippen LogP contribution in [0.2, 0.25) is 10.0 Å². The zero-order valence-corrected chi connectivity index (χ0v) is 19.8. The van der Waals surface area contributed by atoms with Crippen molar-refractivity contribution in [3.8, 4) is 16.9 Å². The van der Waals surface area contributed by atoms with Gasteiger partial charge in [-0.3, -0.25) is 4.68 Å². The topological polar surface area (TPSA) is 78.0 Å². The van der Waals surface area contributed by atoms with Crippen molar-refractivity contribution < 1.29 is 9.13 Å². The van der Waals surface area contributed by atoms with Crippen LogP contribution in [-0.4, -0.2) is 27.9 Å². The minimum atomic E-state index is -0.629. The van der Waals surface area contributed by atoms with Gasteiger partial charge in [-0.1, -0.05) is 29.6 Å². The molecule has 2 fully saturated rings. The van der Waals surface area contributed by atoms with E-state index in [9.17, 15) is 4.39 Å². The number of anilines is 1. The molecule has 3 N–H and O–H groups in total. The first-order valence-electron chi connectivity index (χ1n) is 11.2. The highest BCUT2D eigenvalue weighted by molar-refractivity contribution is 6.36. The number of hydrogen-bond donors (Lipinski definition) is 2. The molecule has 6 nitrogen and oxygen atoms in total. The summed E-state index contributed by atoms with van der Waals surface area (Å²) in [6.07, 6.45) is 9.85. The maximum Gasteiger partial charge on any atom is 0.166 e. The Bertz CT molecular complexity index is 1180. The average molecular weight is 490 g/mol. The van der Waals surface area contributed by atoms with Gasteiger partial charge in [-0.15, -0.1) is 0 Å². The van der Waals surface area contributed by atoms with Crippen molar-refractivity contribution in [2.75, 3.05) is 18.8 Å². The fourth-order valence-electron chi connectivity index (χ4n) is 5.08. The SMILES string of the molecule is CC(Oc1cc(-c2cnn(C3CCNCC34CCC4)c2)cnc1N)c1c(Cl)ccc(F)c1Cl. The number of aromatic nitrogens is 3. The largest absolute Gasteiger partial charge is 0.482 e. The third kappa shape index (κ3) is 4.07. The van der Waals surface area contributed by atoms with E-state index in [4.69, 9.17) is 38.8 Å². The second-order valence-electron chi connectivity index (χ2n) is 9.03. The normalized spacial score (nSPS) is 20.4. The van der Waals surface area contributed by atoms with Gasteiger partial charge in [0.15, 0.2) is 11.6 Å². The van der Waals surface area contributed by atoms with E-state index in [1.165, 1.54) is 31.4 Å². The summed E-state index contributed by atoms with van der Waals surface area (Å²) in [4.78, 5) is 4.31. The van der Waals surface area contributed by atoms with Crippen LogP contribution in [0.4, 0.5) is 10.2 Å². The highest BCUT2D eigenvalue weighted by Gasteiger charge is 2.46. The third-order valence-electron chi connectivity index (χ3n) is 7.05. The molecule has 33 heavy (non-hydrogen) atoms. The second kappa shape index (κ2) is 8.78. The number of piperidine rings is 1. The Morgan fingerprint density at radius 3 is 2.85 bits per heavy atom. The van der Waals surface area contributed by atoms with Crippen molar-refractivity contribution in [3.05, 3.63) is 58.2 Å². The quantitative estimate of drug-likeness (QED) is 0.441. The fourth-order valence-corrected chi connectivity index (χ4v) is 5.76. The van der Waals surface area contributed by atoms with Gasteiger partial charge in [0.25, 0.3) is 0 Å². The lowest BCUT2D eigenvalue weighted by atomic mass is 9.62. The summed E-state index contributed by atoms with van der Waals surface area (Å²) in [6, 6.07) is 4.91. The van der Waals surface area contributed by atoms with Crippen LogP contribution in [0.25, 0.3) is 11.1 Å².